The second-order valence-corrected chi connectivity index (χ2v) is 10.3. The van der Waals surface area contributed by atoms with Gasteiger partial charge in [0.1, 0.15) is 11.6 Å². The van der Waals surface area contributed by atoms with E-state index < -0.39 is 58.3 Å². The quantitative estimate of drug-likeness (QED) is 0.289. The molecule has 0 radical (unpaired) electrons. The largest absolute Gasteiger partial charge is 0.467 e. The molecule has 1 saturated carbocycles. The van der Waals surface area contributed by atoms with Crippen molar-refractivity contribution in [3.8, 4) is 0 Å². The fourth-order valence-corrected chi connectivity index (χ4v) is 6.15. The number of carbonyl (C=O) groups is 4. The van der Waals surface area contributed by atoms with E-state index in [1.165, 1.54) is 72.8 Å². The van der Waals surface area contributed by atoms with Crippen LogP contribution in [0.15, 0.2) is 109 Å². The number of carbonyl (C=O) groups excluding carboxylic acids is 4. The van der Waals surface area contributed by atoms with Crippen molar-refractivity contribution in [1.29, 1.82) is 0 Å². The molecular formula is C34H28F2N2O6. The highest BCUT2D eigenvalue weighted by molar-refractivity contribution is 6.09. The van der Waals surface area contributed by atoms with Crippen LogP contribution in [0.3, 0.4) is 0 Å². The van der Waals surface area contributed by atoms with Gasteiger partial charge < -0.3 is 20.1 Å². The Bertz CT molecular complexity index is 1560. The van der Waals surface area contributed by atoms with E-state index in [0.717, 1.165) is 14.2 Å². The molecule has 1 aliphatic carbocycles. The fraction of sp³-hybridized carbons (Fsp3) is 0.176. The van der Waals surface area contributed by atoms with Crippen LogP contribution >= 0.6 is 0 Å². The van der Waals surface area contributed by atoms with E-state index in [2.05, 4.69) is 10.6 Å². The summed E-state index contributed by atoms with van der Waals surface area (Å²) in [5.74, 6) is -7.11. The Morgan fingerprint density at radius 1 is 0.545 bits per heavy atom. The van der Waals surface area contributed by atoms with Crippen LogP contribution in [0.1, 0.15) is 43.7 Å². The molecule has 5 rings (SSSR count). The second kappa shape index (κ2) is 12.1. The minimum Gasteiger partial charge on any atom is -0.467 e. The Kier molecular flexibility index (Phi) is 8.26. The van der Waals surface area contributed by atoms with E-state index in [0.29, 0.717) is 11.1 Å². The summed E-state index contributed by atoms with van der Waals surface area (Å²) < 4.78 is 38.8. The molecule has 44 heavy (non-hydrogen) atoms. The van der Waals surface area contributed by atoms with Gasteiger partial charge in [-0.15, -0.1) is 0 Å². The minimum atomic E-state index is -2.34. The van der Waals surface area contributed by atoms with E-state index in [1.54, 1.807) is 36.4 Å². The van der Waals surface area contributed by atoms with E-state index >= 15 is 0 Å². The summed E-state index contributed by atoms with van der Waals surface area (Å²) in [5.41, 5.74) is -3.74. The lowest BCUT2D eigenvalue weighted by Crippen LogP contribution is -2.90. The van der Waals surface area contributed by atoms with Crippen LogP contribution in [-0.2, 0) is 19.1 Å². The van der Waals surface area contributed by atoms with Gasteiger partial charge in [-0.3, -0.25) is 9.59 Å². The molecule has 2 amide bonds. The van der Waals surface area contributed by atoms with Gasteiger partial charge >= 0.3 is 11.9 Å². The van der Waals surface area contributed by atoms with Crippen molar-refractivity contribution >= 4 is 23.8 Å². The average Bonchev–Trinajstić information content (AvgIpc) is 3.06. The summed E-state index contributed by atoms with van der Waals surface area (Å²) in [6.45, 7) is 0. The number of ether oxygens (including phenoxy) is 2. The highest BCUT2D eigenvalue weighted by Gasteiger charge is 2.82. The molecule has 4 unspecified atom stereocenters. The zero-order valence-corrected chi connectivity index (χ0v) is 23.8. The number of esters is 2. The maximum absolute atomic E-state index is 14.2. The third-order valence-corrected chi connectivity index (χ3v) is 8.05. The lowest BCUT2D eigenvalue weighted by Gasteiger charge is -2.65. The Hall–Kier alpha value is -5.38. The van der Waals surface area contributed by atoms with Gasteiger partial charge in [-0.1, -0.05) is 60.7 Å². The Morgan fingerprint density at radius 3 is 1.16 bits per heavy atom. The second-order valence-electron chi connectivity index (χ2n) is 10.3. The maximum atomic E-state index is 14.2. The smallest absolute Gasteiger partial charge is 0.335 e. The highest BCUT2D eigenvalue weighted by Crippen LogP contribution is 2.63. The van der Waals surface area contributed by atoms with Gasteiger partial charge in [0.2, 0.25) is 0 Å². The molecule has 4 aromatic rings. The normalized spacial score (nSPS) is 22.2. The Balaban J connectivity index is 1.83. The number of rotatable bonds is 8. The zero-order valence-electron chi connectivity index (χ0n) is 23.8. The lowest BCUT2D eigenvalue weighted by atomic mass is 9.42. The summed E-state index contributed by atoms with van der Waals surface area (Å²) in [6, 6.07) is 26.2. The molecule has 4 atom stereocenters. The standard InChI is InChI=1S/C34H28F2N2O6/c1-43-31(41)33(37-29(39)23-9-5-3-6-10-23)27(21-13-17-25(35)18-14-21)28(22-15-19-26(36)20-16-22)34(33,32(42)44-2)38-30(40)24-11-7-4-8-12-24/h3-20,27-28H,1-2H3,(H,37,39)(H,38,40). The van der Waals surface area contributed by atoms with Crippen LogP contribution in [0.5, 0.6) is 0 Å². The molecule has 10 heteroatoms. The topological polar surface area (TPSA) is 111 Å². The van der Waals surface area contributed by atoms with Crippen LogP contribution in [-0.4, -0.2) is 49.1 Å². The molecule has 0 saturated heterocycles. The van der Waals surface area contributed by atoms with Crippen LogP contribution in [0.25, 0.3) is 0 Å². The van der Waals surface area contributed by atoms with E-state index in [4.69, 9.17) is 9.47 Å². The van der Waals surface area contributed by atoms with Gasteiger partial charge in [-0.2, -0.15) is 0 Å². The summed E-state index contributed by atoms with van der Waals surface area (Å²) in [6.07, 6.45) is 0. The van der Waals surface area contributed by atoms with Crippen molar-refractivity contribution in [2.75, 3.05) is 14.2 Å². The van der Waals surface area contributed by atoms with Gasteiger partial charge in [0.15, 0.2) is 11.1 Å². The maximum Gasteiger partial charge on any atom is 0.335 e. The van der Waals surface area contributed by atoms with Crippen molar-refractivity contribution in [2.24, 2.45) is 0 Å². The first-order valence-electron chi connectivity index (χ1n) is 13.6. The van der Waals surface area contributed by atoms with E-state index in [9.17, 15) is 28.0 Å². The molecule has 224 valence electrons. The van der Waals surface area contributed by atoms with Crippen molar-refractivity contribution in [1.82, 2.24) is 10.6 Å². The minimum absolute atomic E-state index is 0.145. The number of benzene rings is 4. The van der Waals surface area contributed by atoms with Gasteiger partial charge in [0.05, 0.1) is 14.2 Å². The van der Waals surface area contributed by atoms with Gasteiger partial charge in [-0.05, 0) is 59.7 Å². The number of hydrogen-bond acceptors (Lipinski definition) is 6. The Morgan fingerprint density at radius 2 is 0.864 bits per heavy atom. The summed E-state index contributed by atoms with van der Waals surface area (Å²) >= 11 is 0. The highest BCUT2D eigenvalue weighted by atomic mass is 19.1. The van der Waals surface area contributed by atoms with Crippen molar-refractivity contribution in [3.63, 3.8) is 0 Å². The fourth-order valence-electron chi connectivity index (χ4n) is 6.15. The predicted molar refractivity (Wildman–Crippen MR) is 156 cm³/mol. The molecule has 0 spiro atoms. The monoisotopic (exact) mass is 598 g/mol. The molecule has 0 bridgehead atoms. The van der Waals surface area contributed by atoms with E-state index in [1.807, 2.05) is 0 Å². The van der Waals surface area contributed by atoms with Crippen molar-refractivity contribution in [2.45, 2.75) is 22.9 Å². The van der Waals surface area contributed by atoms with Crippen LogP contribution < -0.4 is 10.6 Å². The zero-order chi connectivity index (χ0) is 31.5. The van der Waals surface area contributed by atoms with E-state index in [-0.39, 0.29) is 11.1 Å². The lowest BCUT2D eigenvalue weighted by molar-refractivity contribution is -0.181. The molecule has 0 aliphatic heterocycles. The number of hydrogen-bond donors (Lipinski definition) is 2. The number of halogens is 2. The van der Waals surface area contributed by atoms with Crippen LogP contribution in [0.2, 0.25) is 0 Å². The first kappa shape index (κ1) is 30.1. The van der Waals surface area contributed by atoms with Gasteiger partial charge in [0.25, 0.3) is 11.8 Å². The third-order valence-electron chi connectivity index (χ3n) is 8.05. The summed E-state index contributed by atoms with van der Waals surface area (Å²) in [5, 5.41) is 5.47. The van der Waals surface area contributed by atoms with Gasteiger partial charge in [0, 0.05) is 23.0 Å². The Labute approximate surface area is 252 Å². The van der Waals surface area contributed by atoms with Crippen molar-refractivity contribution < 1.29 is 37.4 Å². The van der Waals surface area contributed by atoms with Crippen LogP contribution in [0, 0.1) is 11.6 Å². The molecule has 8 nitrogen and oxygen atoms in total. The summed E-state index contributed by atoms with van der Waals surface area (Å²) in [4.78, 5) is 56.1. The molecule has 1 fully saturated rings. The molecule has 2 N–H and O–H groups in total. The van der Waals surface area contributed by atoms with Gasteiger partial charge in [-0.25, -0.2) is 18.4 Å². The summed E-state index contributed by atoms with van der Waals surface area (Å²) in [7, 11) is 2.15. The SMILES string of the molecule is COC(=O)C1(NC(=O)c2ccccc2)C(c2ccc(F)cc2)C(c2ccc(F)cc2)C1(NC(=O)c1ccccc1)C(=O)OC. The first-order chi connectivity index (χ1) is 21.2. The van der Waals surface area contributed by atoms with Crippen molar-refractivity contribution in [3.05, 3.63) is 143 Å². The third kappa shape index (κ3) is 4.88. The number of amides is 2. The molecule has 0 aromatic heterocycles. The van der Waals surface area contributed by atoms with Crippen LogP contribution in [0.4, 0.5) is 8.78 Å². The molecular weight excluding hydrogens is 570 g/mol. The predicted octanol–water partition coefficient (Wildman–Crippen LogP) is 4.53. The number of methoxy groups -OCH3 is 2. The molecule has 4 aromatic carbocycles. The molecule has 0 heterocycles. The average molecular weight is 599 g/mol. The molecule has 1 aliphatic rings. The first-order valence-corrected chi connectivity index (χ1v) is 13.6. The number of nitrogens with one attached hydrogen (secondary N) is 2.